The van der Waals surface area contributed by atoms with Gasteiger partial charge in [-0.1, -0.05) is 19.8 Å². The van der Waals surface area contributed by atoms with Crippen molar-refractivity contribution >= 4 is 8.80 Å². The van der Waals surface area contributed by atoms with Crippen molar-refractivity contribution in [2.24, 2.45) is 0 Å². The van der Waals surface area contributed by atoms with Gasteiger partial charge in [-0.05, 0) is 26.7 Å². The summed E-state index contributed by atoms with van der Waals surface area (Å²) in [5.41, 5.74) is 0.143. The molecule has 2 atom stereocenters. The van der Waals surface area contributed by atoms with E-state index in [-0.39, 0.29) is 5.60 Å². The van der Waals surface area contributed by atoms with E-state index < -0.39 is 8.80 Å². The molecule has 2 aliphatic rings. The van der Waals surface area contributed by atoms with Gasteiger partial charge >= 0.3 is 8.80 Å². The van der Waals surface area contributed by atoms with Gasteiger partial charge in [-0.2, -0.15) is 0 Å². The summed E-state index contributed by atoms with van der Waals surface area (Å²) in [5, 5.41) is 0. The molecule has 1 saturated carbocycles. The zero-order chi connectivity index (χ0) is 13.8. The Bertz CT molecular complexity index is 281. The third-order valence-electron chi connectivity index (χ3n) is 4.23. The Morgan fingerprint density at radius 2 is 1.84 bits per heavy atom. The lowest BCUT2D eigenvalue weighted by Gasteiger charge is -2.28. The SMILES string of the molecule is CCO[Si](CC)(OCC)OCCC12CCCCC1O2. The van der Waals surface area contributed by atoms with Gasteiger partial charge in [-0.3, -0.25) is 0 Å². The normalized spacial score (nSPS) is 30.2. The molecule has 1 heterocycles. The standard InChI is InChI=1S/C14H28O4Si/c1-4-15-19(6-3,16-5-2)17-12-11-14-10-8-7-9-13(14)18-14/h13H,4-12H2,1-3H3. The molecule has 0 bridgehead atoms. The molecule has 2 fully saturated rings. The summed E-state index contributed by atoms with van der Waals surface area (Å²) in [5.74, 6) is 0. The third-order valence-corrected chi connectivity index (χ3v) is 7.20. The Labute approximate surface area is 118 Å². The average molecular weight is 288 g/mol. The number of hydrogen-bond acceptors (Lipinski definition) is 4. The first-order valence-corrected chi connectivity index (χ1v) is 9.73. The second-order valence-electron chi connectivity index (χ2n) is 5.42. The van der Waals surface area contributed by atoms with Gasteiger partial charge in [0.15, 0.2) is 0 Å². The smallest absolute Gasteiger partial charge is 0.374 e. The highest BCUT2D eigenvalue weighted by Crippen LogP contribution is 2.50. The van der Waals surface area contributed by atoms with Crippen molar-refractivity contribution in [3.63, 3.8) is 0 Å². The summed E-state index contributed by atoms with van der Waals surface area (Å²) < 4.78 is 23.6. The lowest BCUT2D eigenvalue weighted by Crippen LogP contribution is -2.46. The molecule has 19 heavy (non-hydrogen) atoms. The van der Waals surface area contributed by atoms with Gasteiger partial charge in [0.2, 0.25) is 0 Å². The first kappa shape index (κ1) is 15.4. The molecule has 0 amide bonds. The first-order valence-electron chi connectivity index (χ1n) is 7.80. The van der Waals surface area contributed by atoms with E-state index in [1.165, 1.54) is 25.7 Å². The van der Waals surface area contributed by atoms with Crippen LogP contribution in [0, 0.1) is 0 Å². The van der Waals surface area contributed by atoms with Crippen LogP contribution in [0.25, 0.3) is 0 Å². The van der Waals surface area contributed by atoms with Crippen LogP contribution in [0.4, 0.5) is 0 Å². The number of rotatable bonds is 9. The van der Waals surface area contributed by atoms with Gasteiger partial charge in [-0.25, -0.2) is 0 Å². The van der Waals surface area contributed by atoms with Crippen LogP contribution >= 0.6 is 0 Å². The number of ether oxygens (including phenoxy) is 1. The van der Waals surface area contributed by atoms with Gasteiger partial charge in [-0.15, -0.1) is 0 Å². The Morgan fingerprint density at radius 3 is 2.42 bits per heavy atom. The molecular weight excluding hydrogens is 260 g/mol. The zero-order valence-electron chi connectivity index (χ0n) is 12.6. The topological polar surface area (TPSA) is 40.2 Å². The van der Waals surface area contributed by atoms with Crippen LogP contribution in [0.3, 0.4) is 0 Å². The van der Waals surface area contributed by atoms with Crippen LogP contribution in [0.1, 0.15) is 52.9 Å². The molecule has 112 valence electrons. The lowest BCUT2D eigenvalue weighted by atomic mass is 9.87. The monoisotopic (exact) mass is 288 g/mol. The quantitative estimate of drug-likeness (QED) is 0.483. The van der Waals surface area contributed by atoms with Crippen molar-refractivity contribution in [3.05, 3.63) is 0 Å². The molecule has 1 aliphatic heterocycles. The highest BCUT2D eigenvalue weighted by molar-refractivity contribution is 6.60. The molecule has 0 radical (unpaired) electrons. The second-order valence-corrected chi connectivity index (χ2v) is 8.36. The van der Waals surface area contributed by atoms with Crippen LogP contribution in [-0.4, -0.2) is 40.3 Å². The lowest BCUT2D eigenvalue weighted by molar-refractivity contribution is 0.0607. The molecule has 0 aromatic heterocycles. The predicted octanol–water partition coefficient (Wildman–Crippen LogP) is 3.14. The second kappa shape index (κ2) is 6.67. The van der Waals surface area contributed by atoms with Gasteiger partial charge in [0.1, 0.15) is 0 Å². The highest BCUT2D eigenvalue weighted by atomic mass is 28.4. The minimum atomic E-state index is -2.42. The number of epoxide rings is 1. The van der Waals surface area contributed by atoms with E-state index in [1.807, 2.05) is 13.8 Å². The maximum absolute atomic E-state index is 6.07. The maximum Gasteiger partial charge on any atom is 0.500 e. The summed E-state index contributed by atoms with van der Waals surface area (Å²) >= 11 is 0. The van der Waals surface area contributed by atoms with Crippen LogP contribution in [-0.2, 0) is 18.0 Å². The third kappa shape index (κ3) is 3.58. The van der Waals surface area contributed by atoms with Crippen molar-refractivity contribution < 1.29 is 18.0 Å². The molecule has 0 aromatic rings. The fourth-order valence-electron chi connectivity index (χ4n) is 3.14. The fourth-order valence-corrected chi connectivity index (χ4v) is 5.30. The van der Waals surface area contributed by atoms with E-state index in [0.29, 0.717) is 25.9 Å². The number of fused-ring (bicyclic) bond motifs is 1. The number of hydrogen-bond donors (Lipinski definition) is 0. The fraction of sp³-hybridized carbons (Fsp3) is 1.00. The Kier molecular flexibility index (Phi) is 5.43. The van der Waals surface area contributed by atoms with Gasteiger partial charge in [0, 0.05) is 32.3 Å². The molecule has 5 heteroatoms. The van der Waals surface area contributed by atoms with E-state index in [4.69, 9.17) is 18.0 Å². The summed E-state index contributed by atoms with van der Waals surface area (Å²) in [7, 11) is -2.42. The minimum absolute atomic E-state index is 0.143. The molecule has 1 aliphatic carbocycles. The van der Waals surface area contributed by atoms with Crippen molar-refractivity contribution in [2.75, 3.05) is 19.8 Å². The van der Waals surface area contributed by atoms with E-state index in [2.05, 4.69) is 6.92 Å². The largest absolute Gasteiger partial charge is 0.500 e. The predicted molar refractivity (Wildman–Crippen MR) is 76.1 cm³/mol. The van der Waals surface area contributed by atoms with Gasteiger partial charge in [0.05, 0.1) is 11.7 Å². The first-order chi connectivity index (χ1) is 9.20. The zero-order valence-corrected chi connectivity index (χ0v) is 13.6. The van der Waals surface area contributed by atoms with Crippen LogP contribution in [0.15, 0.2) is 0 Å². The van der Waals surface area contributed by atoms with Gasteiger partial charge < -0.3 is 18.0 Å². The summed E-state index contributed by atoms with van der Waals surface area (Å²) in [6.45, 7) is 8.11. The van der Waals surface area contributed by atoms with E-state index in [0.717, 1.165) is 12.5 Å². The highest BCUT2D eigenvalue weighted by Gasteiger charge is 2.56. The van der Waals surface area contributed by atoms with Crippen molar-refractivity contribution in [1.29, 1.82) is 0 Å². The van der Waals surface area contributed by atoms with Crippen LogP contribution < -0.4 is 0 Å². The molecule has 0 spiro atoms. The van der Waals surface area contributed by atoms with Crippen LogP contribution in [0.2, 0.25) is 6.04 Å². The Balaban J connectivity index is 1.78. The van der Waals surface area contributed by atoms with Crippen molar-refractivity contribution in [2.45, 2.75) is 70.6 Å². The van der Waals surface area contributed by atoms with Crippen molar-refractivity contribution in [1.82, 2.24) is 0 Å². The Hall–Kier alpha value is 0.0569. The molecule has 0 N–H and O–H groups in total. The summed E-state index contributed by atoms with van der Waals surface area (Å²) in [6, 6.07) is 0.839. The minimum Gasteiger partial charge on any atom is -0.374 e. The maximum atomic E-state index is 6.07. The molecule has 0 aromatic carbocycles. The van der Waals surface area contributed by atoms with E-state index in [9.17, 15) is 0 Å². The average Bonchev–Trinajstić information content (AvgIpc) is 3.13. The van der Waals surface area contributed by atoms with Crippen LogP contribution in [0.5, 0.6) is 0 Å². The van der Waals surface area contributed by atoms with Crippen molar-refractivity contribution in [3.8, 4) is 0 Å². The Morgan fingerprint density at radius 1 is 1.11 bits per heavy atom. The molecule has 2 unspecified atom stereocenters. The molecule has 1 saturated heterocycles. The van der Waals surface area contributed by atoms with E-state index >= 15 is 0 Å². The summed E-state index contributed by atoms with van der Waals surface area (Å²) in [4.78, 5) is 0. The van der Waals surface area contributed by atoms with Gasteiger partial charge in [0.25, 0.3) is 0 Å². The molecule has 4 nitrogen and oxygen atoms in total. The molecule has 2 rings (SSSR count). The molecular formula is C14H28O4Si. The summed E-state index contributed by atoms with van der Waals surface area (Å²) in [6.07, 6.45) is 6.54. The van der Waals surface area contributed by atoms with E-state index in [1.54, 1.807) is 0 Å².